The Balaban J connectivity index is 1.48. The summed E-state index contributed by atoms with van der Waals surface area (Å²) in [6.45, 7) is 0. The number of nitrogens with zero attached hydrogens (tertiary/aromatic N) is 1. The highest BCUT2D eigenvalue weighted by atomic mass is 35.5. The zero-order chi connectivity index (χ0) is 19.8. The molecule has 0 bridgehead atoms. The van der Waals surface area contributed by atoms with Crippen LogP contribution in [0.4, 0.5) is 0 Å². The van der Waals surface area contributed by atoms with E-state index in [1.165, 1.54) is 19.3 Å². The van der Waals surface area contributed by atoms with Crippen molar-refractivity contribution in [2.24, 2.45) is 5.10 Å². The maximum Gasteiger partial charge on any atom is 0.345 e. The van der Waals surface area contributed by atoms with Crippen LogP contribution in [-0.2, 0) is 0 Å². The summed E-state index contributed by atoms with van der Waals surface area (Å²) >= 11 is 11.3. The maximum absolute atomic E-state index is 12.2. The van der Waals surface area contributed by atoms with E-state index in [1.54, 1.807) is 54.7 Å². The zero-order valence-electron chi connectivity index (χ0n) is 15.4. The zero-order valence-corrected chi connectivity index (χ0v) is 16.9. The minimum atomic E-state index is -0.493. The fraction of sp³-hybridized carbons (Fsp3) is 0.286. The molecule has 1 saturated carbocycles. The molecule has 2 aromatic carbocycles. The lowest BCUT2D eigenvalue weighted by Gasteiger charge is -2.23. The number of thiocarbonyl (C=S) groups is 1. The van der Waals surface area contributed by atoms with Crippen LogP contribution in [0.2, 0.25) is 5.02 Å². The summed E-state index contributed by atoms with van der Waals surface area (Å²) in [5.41, 5.74) is 4.03. The van der Waals surface area contributed by atoms with Crippen LogP contribution in [0.5, 0.6) is 5.75 Å². The number of hydrogen-bond donors (Lipinski definition) is 2. The van der Waals surface area contributed by atoms with Gasteiger partial charge >= 0.3 is 5.97 Å². The molecule has 0 spiro atoms. The molecule has 0 aromatic heterocycles. The summed E-state index contributed by atoms with van der Waals surface area (Å²) in [7, 11) is 0. The van der Waals surface area contributed by atoms with E-state index in [0.29, 0.717) is 27.5 Å². The van der Waals surface area contributed by atoms with Gasteiger partial charge in [0.2, 0.25) is 0 Å². The van der Waals surface area contributed by atoms with Crippen LogP contribution in [0.3, 0.4) is 0 Å². The Labute approximate surface area is 175 Å². The van der Waals surface area contributed by atoms with Crippen molar-refractivity contribution in [2.75, 3.05) is 0 Å². The van der Waals surface area contributed by atoms with Gasteiger partial charge in [0.25, 0.3) is 0 Å². The van der Waals surface area contributed by atoms with Gasteiger partial charge in [-0.3, -0.25) is 5.43 Å². The topological polar surface area (TPSA) is 62.7 Å². The molecule has 1 fully saturated rings. The van der Waals surface area contributed by atoms with Gasteiger partial charge in [-0.1, -0.05) is 43.0 Å². The number of carbonyl (C=O) groups excluding carboxylic acids is 1. The fourth-order valence-corrected chi connectivity index (χ4v) is 3.47. The quantitative estimate of drug-likeness (QED) is 0.244. The largest absolute Gasteiger partial charge is 0.423 e. The Kier molecular flexibility index (Phi) is 7.39. The Morgan fingerprint density at radius 3 is 2.54 bits per heavy atom. The monoisotopic (exact) mass is 415 g/mol. The van der Waals surface area contributed by atoms with Gasteiger partial charge in [-0.2, -0.15) is 5.10 Å². The second-order valence-corrected chi connectivity index (χ2v) is 7.43. The van der Waals surface area contributed by atoms with E-state index in [-0.39, 0.29) is 0 Å². The lowest BCUT2D eigenvalue weighted by molar-refractivity contribution is 0.0735. The molecule has 1 aliphatic rings. The minimum Gasteiger partial charge on any atom is -0.423 e. The molecule has 7 heteroatoms. The van der Waals surface area contributed by atoms with E-state index in [0.717, 1.165) is 18.4 Å². The molecular formula is C21H22ClN3O2S. The van der Waals surface area contributed by atoms with Gasteiger partial charge in [-0.05, 0) is 67.0 Å². The van der Waals surface area contributed by atoms with Crippen LogP contribution in [0.1, 0.15) is 48.0 Å². The van der Waals surface area contributed by atoms with Crippen LogP contribution < -0.4 is 15.5 Å². The molecule has 0 atom stereocenters. The number of rotatable bonds is 5. The predicted octanol–water partition coefficient (Wildman–Crippen LogP) is 4.69. The molecule has 2 N–H and O–H groups in total. The first-order valence-electron chi connectivity index (χ1n) is 9.28. The Bertz CT molecular complexity index is 849. The van der Waals surface area contributed by atoms with E-state index in [2.05, 4.69) is 15.8 Å². The molecule has 146 valence electrons. The highest BCUT2D eigenvalue weighted by molar-refractivity contribution is 7.80. The van der Waals surface area contributed by atoms with Gasteiger partial charge < -0.3 is 10.1 Å². The van der Waals surface area contributed by atoms with Gasteiger partial charge in [0.15, 0.2) is 5.11 Å². The van der Waals surface area contributed by atoms with E-state index in [1.807, 2.05) is 0 Å². The standard InChI is InChI=1S/C21H22ClN3O2S/c22-19-9-5-4-8-18(19)20(26)27-17-12-10-15(11-13-17)14-23-25-21(28)24-16-6-2-1-3-7-16/h4-5,8-14,16H,1-3,6-7H2,(H2,24,25,28)/b23-14+. The SMILES string of the molecule is O=C(Oc1ccc(/C=N/NC(=S)NC2CCCCC2)cc1)c1ccccc1Cl. The normalized spacial score (nSPS) is 14.6. The molecule has 0 unspecified atom stereocenters. The molecule has 0 aliphatic heterocycles. The number of benzene rings is 2. The highest BCUT2D eigenvalue weighted by Crippen LogP contribution is 2.19. The highest BCUT2D eigenvalue weighted by Gasteiger charge is 2.14. The molecule has 0 heterocycles. The molecule has 3 rings (SSSR count). The summed E-state index contributed by atoms with van der Waals surface area (Å²) in [6.07, 6.45) is 7.77. The number of carbonyl (C=O) groups is 1. The molecule has 0 amide bonds. The lowest BCUT2D eigenvalue weighted by Crippen LogP contribution is -2.40. The number of ether oxygens (including phenoxy) is 1. The summed E-state index contributed by atoms with van der Waals surface area (Å²) in [5, 5.41) is 8.34. The van der Waals surface area contributed by atoms with Crippen LogP contribution in [-0.4, -0.2) is 23.3 Å². The molecule has 1 aliphatic carbocycles. The maximum atomic E-state index is 12.2. The van der Waals surface area contributed by atoms with Crippen molar-refractivity contribution in [3.63, 3.8) is 0 Å². The third kappa shape index (κ3) is 6.04. The number of nitrogens with one attached hydrogen (secondary N) is 2. The Morgan fingerprint density at radius 2 is 1.82 bits per heavy atom. The Hall–Kier alpha value is -2.44. The summed E-state index contributed by atoms with van der Waals surface area (Å²) in [4.78, 5) is 12.2. The second-order valence-electron chi connectivity index (χ2n) is 6.62. The van der Waals surface area contributed by atoms with Crippen LogP contribution >= 0.6 is 23.8 Å². The summed E-state index contributed by atoms with van der Waals surface area (Å²) in [5.74, 6) is -0.0580. The van der Waals surface area contributed by atoms with Crippen molar-refractivity contribution >= 4 is 41.1 Å². The molecule has 5 nitrogen and oxygen atoms in total. The van der Waals surface area contributed by atoms with E-state index >= 15 is 0 Å². The fourth-order valence-electron chi connectivity index (χ4n) is 3.04. The Morgan fingerprint density at radius 1 is 1.11 bits per heavy atom. The number of hydrazone groups is 1. The first-order valence-corrected chi connectivity index (χ1v) is 10.1. The van der Waals surface area contributed by atoms with E-state index in [9.17, 15) is 4.79 Å². The van der Waals surface area contributed by atoms with Crippen molar-refractivity contribution in [3.8, 4) is 5.75 Å². The molecule has 0 radical (unpaired) electrons. The van der Waals surface area contributed by atoms with Gasteiger partial charge in [-0.15, -0.1) is 0 Å². The average Bonchev–Trinajstić information content (AvgIpc) is 2.70. The minimum absolute atomic E-state index is 0.331. The van der Waals surface area contributed by atoms with Crippen molar-refractivity contribution in [1.82, 2.24) is 10.7 Å². The van der Waals surface area contributed by atoms with Gasteiger partial charge in [0, 0.05) is 6.04 Å². The first-order chi connectivity index (χ1) is 13.6. The van der Waals surface area contributed by atoms with Crippen molar-refractivity contribution in [1.29, 1.82) is 0 Å². The third-order valence-electron chi connectivity index (χ3n) is 4.50. The van der Waals surface area contributed by atoms with Gasteiger partial charge in [-0.25, -0.2) is 4.79 Å². The van der Waals surface area contributed by atoms with Gasteiger partial charge in [0.1, 0.15) is 5.75 Å². The third-order valence-corrected chi connectivity index (χ3v) is 5.04. The first kappa shape index (κ1) is 20.3. The van der Waals surface area contributed by atoms with Crippen LogP contribution in [0.15, 0.2) is 53.6 Å². The predicted molar refractivity (Wildman–Crippen MR) is 116 cm³/mol. The van der Waals surface area contributed by atoms with Crippen LogP contribution in [0.25, 0.3) is 0 Å². The molecule has 2 aromatic rings. The smallest absolute Gasteiger partial charge is 0.345 e. The van der Waals surface area contributed by atoms with Crippen LogP contribution in [0, 0.1) is 0 Å². The van der Waals surface area contributed by atoms with Crippen molar-refractivity contribution in [3.05, 3.63) is 64.7 Å². The van der Waals surface area contributed by atoms with E-state index < -0.39 is 5.97 Å². The number of esters is 1. The second kappa shape index (κ2) is 10.2. The average molecular weight is 416 g/mol. The summed E-state index contributed by atoms with van der Waals surface area (Å²) in [6, 6.07) is 14.2. The molecule has 28 heavy (non-hydrogen) atoms. The molecule has 0 saturated heterocycles. The number of hydrogen-bond acceptors (Lipinski definition) is 4. The van der Waals surface area contributed by atoms with E-state index in [4.69, 9.17) is 28.6 Å². The van der Waals surface area contributed by atoms with Crippen molar-refractivity contribution < 1.29 is 9.53 Å². The van der Waals surface area contributed by atoms with Gasteiger partial charge in [0.05, 0.1) is 16.8 Å². The lowest BCUT2D eigenvalue weighted by atomic mass is 9.96. The molecular weight excluding hydrogens is 394 g/mol. The van der Waals surface area contributed by atoms with Crippen molar-refractivity contribution in [2.45, 2.75) is 38.1 Å². The number of halogens is 1. The summed E-state index contributed by atoms with van der Waals surface area (Å²) < 4.78 is 5.35.